The van der Waals surface area contributed by atoms with Crippen molar-refractivity contribution in [3.8, 4) is 5.69 Å². The molecule has 0 amide bonds. The number of carbonyl (C=O) groups is 1. The van der Waals surface area contributed by atoms with Crippen LogP contribution in [0.4, 0.5) is 0 Å². The molecule has 94 valence electrons. The zero-order chi connectivity index (χ0) is 13.3. The summed E-state index contributed by atoms with van der Waals surface area (Å²) in [7, 11) is 0. The van der Waals surface area contributed by atoms with Crippen molar-refractivity contribution in [3.63, 3.8) is 0 Å². The van der Waals surface area contributed by atoms with Crippen LogP contribution in [0.15, 0.2) is 30.3 Å². The van der Waals surface area contributed by atoms with Crippen LogP contribution in [-0.2, 0) is 0 Å². The van der Waals surface area contributed by atoms with Crippen LogP contribution >= 0.6 is 11.6 Å². The predicted molar refractivity (Wildman–Crippen MR) is 69.6 cm³/mol. The Balaban J connectivity index is 2.64. The average Bonchev–Trinajstić information content (AvgIpc) is 2.68. The Morgan fingerprint density at radius 2 is 1.94 bits per heavy atom. The van der Waals surface area contributed by atoms with Gasteiger partial charge in [-0.15, -0.1) is 0 Å². The summed E-state index contributed by atoms with van der Waals surface area (Å²) in [5.41, 5.74) is 1.32. The molecule has 1 aromatic carbocycles. The van der Waals surface area contributed by atoms with Crippen LogP contribution in [0.3, 0.4) is 0 Å². The van der Waals surface area contributed by atoms with E-state index in [-0.39, 0.29) is 11.6 Å². The van der Waals surface area contributed by atoms with Gasteiger partial charge in [-0.3, -0.25) is 0 Å². The molecule has 0 aliphatic rings. The van der Waals surface area contributed by atoms with Gasteiger partial charge < -0.3 is 5.11 Å². The number of nitrogens with zero attached hydrogens (tertiary/aromatic N) is 2. The molecule has 0 spiro atoms. The predicted octanol–water partition coefficient (Wildman–Crippen LogP) is 3.35. The van der Waals surface area contributed by atoms with Crippen LogP contribution in [0.2, 0.25) is 5.15 Å². The highest BCUT2D eigenvalue weighted by Gasteiger charge is 2.24. The second kappa shape index (κ2) is 4.82. The van der Waals surface area contributed by atoms with Gasteiger partial charge in [0.2, 0.25) is 0 Å². The molecule has 1 heterocycles. The highest BCUT2D eigenvalue weighted by molar-refractivity contribution is 6.31. The largest absolute Gasteiger partial charge is 0.476 e. The Kier molecular flexibility index (Phi) is 3.39. The maximum Gasteiger partial charge on any atom is 0.356 e. The van der Waals surface area contributed by atoms with Crippen molar-refractivity contribution in [2.45, 2.75) is 19.8 Å². The van der Waals surface area contributed by atoms with Crippen molar-refractivity contribution in [2.75, 3.05) is 0 Å². The zero-order valence-corrected chi connectivity index (χ0v) is 10.8. The van der Waals surface area contributed by atoms with E-state index in [0.717, 1.165) is 5.69 Å². The van der Waals surface area contributed by atoms with Crippen molar-refractivity contribution >= 4 is 17.6 Å². The third-order valence-electron chi connectivity index (χ3n) is 2.64. The molecule has 1 aromatic heterocycles. The molecular weight excluding hydrogens is 252 g/mol. The van der Waals surface area contributed by atoms with Crippen molar-refractivity contribution in [1.82, 2.24) is 9.78 Å². The normalized spacial score (nSPS) is 10.9. The molecule has 0 saturated heterocycles. The molecule has 1 N–H and O–H groups in total. The lowest BCUT2D eigenvalue weighted by Crippen LogP contribution is -2.03. The summed E-state index contributed by atoms with van der Waals surface area (Å²) in [6.07, 6.45) is 0. The van der Waals surface area contributed by atoms with Gasteiger partial charge in [0.05, 0.1) is 5.69 Å². The first kappa shape index (κ1) is 12.6. The second-order valence-corrected chi connectivity index (χ2v) is 4.62. The minimum atomic E-state index is -1.06. The SMILES string of the molecule is CC(C)c1c(C(=O)O)nn(-c2ccccc2)c1Cl. The van der Waals surface area contributed by atoms with Crippen molar-refractivity contribution in [2.24, 2.45) is 0 Å². The molecule has 4 nitrogen and oxygen atoms in total. The van der Waals surface area contributed by atoms with Gasteiger partial charge in [-0.1, -0.05) is 43.6 Å². The summed E-state index contributed by atoms with van der Waals surface area (Å²) in [5.74, 6) is -1.06. The van der Waals surface area contributed by atoms with Gasteiger partial charge in [-0.2, -0.15) is 5.10 Å². The minimum Gasteiger partial charge on any atom is -0.476 e. The zero-order valence-electron chi connectivity index (χ0n) is 10.1. The summed E-state index contributed by atoms with van der Waals surface area (Å²) >= 11 is 6.24. The Bertz CT molecular complexity index is 576. The van der Waals surface area contributed by atoms with Gasteiger partial charge in [0, 0.05) is 5.56 Å². The minimum absolute atomic E-state index is 0.000984. The van der Waals surface area contributed by atoms with Crippen molar-refractivity contribution in [1.29, 1.82) is 0 Å². The molecule has 5 heteroatoms. The third-order valence-corrected chi connectivity index (χ3v) is 3.01. The van der Waals surface area contributed by atoms with Crippen LogP contribution in [-0.4, -0.2) is 20.9 Å². The number of hydrogen-bond donors (Lipinski definition) is 1. The molecule has 0 aliphatic carbocycles. The number of para-hydroxylation sites is 1. The molecular formula is C13H13ClN2O2. The Hall–Kier alpha value is -1.81. The van der Waals surface area contributed by atoms with E-state index in [1.54, 1.807) is 0 Å². The summed E-state index contributed by atoms with van der Waals surface area (Å²) < 4.78 is 1.46. The number of carboxylic acid groups (broad SMARTS) is 1. The van der Waals surface area contributed by atoms with Gasteiger partial charge in [-0.05, 0) is 18.1 Å². The smallest absolute Gasteiger partial charge is 0.356 e. The van der Waals surface area contributed by atoms with Crippen LogP contribution in [0, 0.1) is 0 Å². The third kappa shape index (κ3) is 2.11. The Morgan fingerprint density at radius 3 is 2.39 bits per heavy atom. The van der Waals surface area contributed by atoms with Gasteiger partial charge in [0.1, 0.15) is 5.15 Å². The molecule has 18 heavy (non-hydrogen) atoms. The number of benzene rings is 1. The standard InChI is InChI=1S/C13H13ClN2O2/c1-8(2)10-11(13(17)18)15-16(12(10)14)9-6-4-3-5-7-9/h3-8H,1-2H3,(H,17,18). The highest BCUT2D eigenvalue weighted by Crippen LogP contribution is 2.29. The summed E-state index contributed by atoms with van der Waals surface area (Å²) in [6, 6.07) is 9.23. The van der Waals surface area contributed by atoms with Crippen LogP contribution < -0.4 is 0 Å². The van der Waals surface area contributed by atoms with E-state index in [2.05, 4.69) is 5.10 Å². The quantitative estimate of drug-likeness (QED) is 0.925. The summed E-state index contributed by atoms with van der Waals surface area (Å²) in [6.45, 7) is 3.79. The number of aromatic carboxylic acids is 1. The molecule has 0 aliphatic heterocycles. The second-order valence-electron chi connectivity index (χ2n) is 4.26. The van der Waals surface area contributed by atoms with E-state index >= 15 is 0 Å². The first-order valence-electron chi connectivity index (χ1n) is 5.59. The Labute approximate surface area is 110 Å². The maximum atomic E-state index is 11.2. The van der Waals surface area contributed by atoms with Crippen LogP contribution in [0.5, 0.6) is 0 Å². The van der Waals surface area contributed by atoms with E-state index in [4.69, 9.17) is 16.7 Å². The van der Waals surface area contributed by atoms with E-state index < -0.39 is 5.97 Å². The lowest BCUT2D eigenvalue weighted by atomic mass is 10.0. The molecule has 0 saturated carbocycles. The average molecular weight is 265 g/mol. The first-order valence-corrected chi connectivity index (χ1v) is 5.97. The number of halogens is 1. The van der Waals surface area contributed by atoms with E-state index in [0.29, 0.717) is 10.7 Å². The molecule has 2 rings (SSSR count). The molecule has 0 atom stereocenters. The number of hydrogen-bond acceptors (Lipinski definition) is 2. The molecule has 0 bridgehead atoms. The number of aromatic nitrogens is 2. The Morgan fingerprint density at radius 1 is 1.33 bits per heavy atom. The van der Waals surface area contributed by atoms with Gasteiger partial charge >= 0.3 is 5.97 Å². The highest BCUT2D eigenvalue weighted by atomic mass is 35.5. The topological polar surface area (TPSA) is 55.1 Å². The van der Waals surface area contributed by atoms with Crippen LogP contribution in [0.25, 0.3) is 5.69 Å². The molecule has 0 unspecified atom stereocenters. The van der Waals surface area contributed by atoms with Gasteiger partial charge in [0.15, 0.2) is 5.69 Å². The fourth-order valence-electron chi connectivity index (χ4n) is 1.82. The van der Waals surface area contributed by atoms with E-state index in [1.807, 2.05) is 44.2 Å². The summed E-state index contributed by atoms with van der Waals surface area (Å²) in [5, 5.41) is 13.6. The van der Waals surface area contributed by atoms with Crippen molar-refractivity contribution < 1.29 is 9.90 Å². The fourth-order valence-corrected chi connectivity index (χ4v) is 2.26. The molecule has 2 aromatic rings. The van der Waals surface area contributed by atoms with Crippen molar-refractivity contribution in [3.05, 3.63) is 46.7 Å². The van der Waals surface area contributed by atoms with Crippen LogP contribution in [0.1, 0.15) is 35.8 Å². The fraction of sp³-hybridized carbons (Fsp3) is 0.231. The number of carboxylic acids is 1. The molecule has 0 radical (unpaired) electrons. The number of rotatable bonds is 3. The monoisotopic (exact) mass is 264 g/mol. The first-order chi connectivity index (χ1) is 8.52. The van der Waals surface area contributed by atoms with E-state index in [9.17, 15) is 4.79 Å². The van der Waals surface area contributed by atoms with Gasteiger partial charge in [0.25, 0.3) is 0 Å². The lowest BCUT2D eigenvalue weighted by Gasteiger charge is -2.05. The maximum absolute atomic E-state index is 11.2. The molecule has 0 fully saturated rings. The van der Waals surface area contributed by atoms with E-state index in [1.165, 1.54) is 4.68 Å². The van der Waals surface area contributed by atoms with Gasteiger partial charge in [-0.25, -0.2) is 9.48 Å². The summed E-state index contributed by atoms with van der Waals surface area (Å²) in [4.78, 5) is 11.2. The lowest BCUT2D eigenvalue weighted by molar-refractivity contribution is 0.0688.